The summed E-state index contributed by atoms with van der Waals surface area (Å²) in [6.45, 7) is 6.16. The molecule has 0 N–H and O–H groups in total. The van der Waals surface area contributed by atoms with Gasteiger partial charge >= 0.3 is 0 Å². The van der Waals surface area contributed by atoms with E-state index < -0.39 is 11.3 Å². The number of hydrogen-bond acceptors (Lipinski definition) is 4. The van der Waals surface area contributed by atoms with Crippen LogP contribution in [-0.4, -0.2) is 10.5 Å². The molecule has 2 aromatic carbocycles. The smallest absolute Gasteiger partial charge is 0.286 e. The summed E-state index contributed by atoms with van der Waals surface area (Å²) in [5.41, 5.74) is 1.73. The Morgan fingerprint density at radius 1 is 1.32 bits per heavy atom. The summed E-state index contributed by atoms with van der Waals surface area (Å²) in [6.07, 6.45) is 2.89. The summed E-state index contributed by atoms with van der Waals surface area (Å²) < 4.78 is 8.25. The van der Waals surface area contributed by atoms with E-state index in [0.717, 1.165) is 15.8 Å². The molecule has 0 saturated carbocycles. The minimum atomic E-state index is -0.646. The Morgan fingerprint density at radius 3 is 2.89 bits per heavy atom. The maximum absolute atomic E-state index is 12.8. The normalized spacial score (nSPS) is 12.0. The van der Waals surface area contributed by atoms with Crippen LogP contribution in [0.4, 0.5) is 0 Å². The predicted molar refractivity (Wildman–Crippen MR) is 112 cm³/mol. The molecule has 0 spiro atoms. The van der Waals surface area contributed by atoms with E-state index in [0.29, 0.717) is 27.3 Å². The molecule has 2 heterocycles. The summed E-state index contributed by atoms with van der Waals surface area (Å²) in [6, 6.07) is 10.5. The second kappa shape index (κ2) is 7.22. The third kappa shape index (κ3) is 3.00. The van der Waals surface area contributed by atoms with Crippen LogP contribution < -0.4 is 10.2 Å². The number of aryl methyl sites for hydroxylation is 1. The van der Waals surface area contributed by atoms with Gasteiger partial charge in [0, 0.05) is 11.6 Å². The van der Waals surface area contributed by atoms with E-state index >= 15 is 0 Å². The van der Waals surface area contributed by atoms with Crippen molar-refractivity contribution >= 4 is 50.0 Å². The zero-order valence-corrected chi connectivity index (χ0v) is 16.5. The Morgan fingerprint density at radius 2 is 2.11 bits per heavy atom. The number of carbonyl (C=O) groups excluding carboxylic acids is 1. The van der Waals surface area contributed by atoms with Crippen molar-refractivity contribution in [3.8, 4) is 0 Å². The zero-order chi connectivity index (χ0) is 19.8. The summed E-state index contributed by atoms with van der Waals surface area (Å²) in [5.74, 6) is -0.646. The molecule has 0 aliphatic heterocycles. The van der Waals surface area contributed by atoms with Crippen LogP contribution in [0.5, 0.6) is 0 Å². The number of para-hydroxylation sites is 1. The molecule has 0 atom stereocenters. The molecule has 0 fully saturated rings. The first-order chi connectivity index (χ1) is 13.5. The van der Waals surface area contributed by atoms with Crippen molar-refractivity contribution in [3.05, 3.63) is 86.5 Å². The van der Waals surface area contributed by atoms with Crippen LogP contribution in [0.15, 0.2) is 69.5 Å². The van der Waals surface area contributed by atoms with Crippen molar-refractivity contribution in [1.29, 1.82) is 0 Å². The fourth-order valence-electron chi connectivity index (χ4n) is 3.07. The van der Waals surface area contributed by atoms with Crippen LogP contribution in [0.2, 0.25) is 5.02 Å². The minimum absolute atomic E-state index is 0.101. The summed E-state index contributed by atoms with van der Waals surface area (Å²) in [5, 5.41) is 0.984. The van der Waals surface area contributed by atoms with Crippen molar-refractivity contribution in [2.24, 2.45) is 4.99 Å². The van der Waals surface area contributed by atoms with E-state index in [2.05, 4.69) is 11.6 Å². The molecule has 7 heteroatoms. The van der Waals surface area contributed by atoms with Crippen LogP contribution in [0.1, 0.15) is 15.9 Å². The van der Waals surface area contributed by atoms with Crippen LogP contribution in [0.25, 0.3) is 21.2 Å². The second-order valence-electron chi connectivity index (χ2n) is 6.19. The average Bonchev–Trinajstić information content (AvgIpc) is 3.03. The van der Waals surface area contributed by atoms with E-state index in [9.17, 15) is 9.59 Å². The Labute approximate surface area is 168 Å². The van der Waals surface area contributed by atoms with Crippen molar-refractivity contribution < 1.29 is 9.21 Å². The van der Waals surface area contributed by atoms with Gasteiger partial charge in [-0.25, -0.2) is 0 Å². The number of fused-ring (bicyclic) bond motifs is 2. The Bertz CT molecular complexity index is 1380. The van der Waals surface area contributed by atoms with Gasteiger partial charge in [0.05, 0.1) is 15.6 Å². The van der Waals surface area contributed by atoms with Gasteiger partial charge < -0.3 is 8.98 Å². The Kier molecular flexibility index (Phi) is 4.75. The lowest BCUT2D eigenvalue weighted by Gasteiger charge is -2.05. The van der Waals surface area contributed by atoms with Gasteiger partial charge in [-0.15, -0.1) is 6.58 Å². The maximum Gasteiger partial charge on any atom is 0.286 e. The molecule has 2 aromatic heterocycles. The van der Waals surface area contributed by atoms with E-state index in [1.54, 1.807) is 30.3 Å². The van der Waals surface area contributed by atoms with Crippen LogP contribution >= 0.6 is 22.9 Å². The van der Waals surface area contributed by atoms with Gasteiger partial charge in [0.1, 0.15) is 17.4 Å². The van der Waals surface area contributed by atoms with Crippen molar-refractivity contribution in [2.75, 3.05) is 0 Å². The first-order valence-corrected chi connectivity index (χ1v) is 9.69. The molecule has 1 amide bonds. The van der Waals surface area contributed by atoms with E-state index in [-0.39, 0.29) is 5.56 Å². The topological polar surface area (TPSA) is 64.6 Å². The molecular weight excluding hydrogens is 396 g/mol. The van der Waals surface area contributed by atoms with Gasteiger partial charge in [0.15, 0.2) is 4.80 Å². The number of aromatic nitrogens is 1. The fraction of sp³-hybridized carbons (Fsp3) is 0.0952. The largest absolute Gasteiger partial charge is 0.463 e. The molecule has 28 heavy (non-hydrogen) atoms. The van der Waals surface area contributed by atoms with Gasteiger partial charge in [-0.05, 0) is 36.8 Å². The number of amides is 1. The van der Waals surface area contributed by atoms with E-state index in [1.807, 2.05) is 23.6 Å². The zero-order valence-electron chi connectivity index (χ0n) is 14.9. The lowest BCUT2D eigenvalue weighted by atomic mass is 10.1. The second-order valence-corrected chi connectivity index (χ2v) is 7.61. The lowest BCUT2D eigenvalue weighted by molar-refractivity contribution is 0.0995. The molecule has 0 bridgehead atoms. The molecule has 0 unspecified atom stereocenters. The standard InChI is InChI=1S/C21H15ClN2O3S/c1-3-10-24-18-12(2)15(22)8-9-17(18)28-21(24)23-20(26)14-11-27-16-7-5-4-6-13(16)19(14)25/h3-9,11H,1,10H2,2H3. The maximum atomic E-state index is 12.8. The summed E-state index contributed by atoms with van der Waals surface area (Å²) >= 11 is 7.62. The van der Waals surface area contributed by atoms with Crippen LogP contribution in [-0.2, 0) is 6.54 Å². The third-order valence-corrected chi connectivity index (χ3v) is 5.90. The van der Waals surface area contributed by atoms with Crippen LogP contribution in [0, 0.1) is 6.92 Å². The van der Waals surface area contributed by atoms with Gasteiger partial charge in [0.2, 0.25) is 5.43 Å². The number of nitrogens with zero attached hydrogens (tertiary/aromatic N) is 2. The molecule has 4 rings (SSSR count). The number of carbonyl (C=O) groups is 1. The SMILES string of the molecule is C=CCn1c(=NC(=O)c2coc3ccccc3c2=O)sc2ccc(Cl)c(C)c21. The molecular formula is C21H15ClN2O3S. The van der Waals surface area contributed by atoms with E-state index in [1.165, 1.54) is 17.6 Å². The quantitative estimate of drug-likeness (QED) is 0.460. The monoisotopic (exact) mass is 410 g/mol. The highest BCUT2D eigenvalue weighted by Crippen LogP contribution is 2.27. The summed E-state index contributed by atoms with van der Waals surface area (Å²) in [4.78, 5) is 30.1. The summed E-state index contributed by atoms with van der Waals surface area (Å²) in [7, 11) is 0. The molecule has 5 nitrogen and oxygen atoms in total. The van der Waals surface area contributed by atoms with Crippen molar-refractivity contribution in [3.63, 3.8) is 0 Å². The van der Waals surface area contributed by atoms with Crippen molar-refractivity contribution in [1.82, 2.24) is 4.57 Å². The highest BCUT2D eigenvalue weighted by atomic mass is 35.5. The fourth-order valence-corrected chi connectivity index (χ4v) is 4.32. The number of halogens is 1. The molecule has 140 valence electrons. The number of rotatable bonds is 3. The van der Waals surface area contributed by atoms with Gasteiger partial charge in [-0.2, -0.15) is 4.99 Å². The minimum Gasteiger partial charge on any atom is -0.463 e. The Balaban J connectivity index is 1.93. The van der Waals surface area contributed by atoms with Crippen LogP contribution in [0.3, 0.4) is 0 Å². The van der Waals surface area contributed by atoms with Crippen molar-refractivity contribution in [2.45, 2.75) is 13.5 Å². The molecule has 0 radical (unpaired) electrons. The first-order valence-electron chi connectivity index (χ1n) is 8.50. The van der Waals surface area contributed by atoms with Gasteiger partial charge in [0.25, 0.3) is 5.91 Å². The first kappa shape index (κ1) is 18.4. The number of allylic oxidation sites excluding steroid dienone is 1. The van der Waals surface area contributed by atoms with E-state index in [4.69, 9.17) is 16.0 Å². The highest BCUT2D eigenvalue weighted by Gasteiger charge is 2.16. The molecule has 0 aliphatic rings. The lowest BCUT2D eigenvalue weighted by Crippen LogP contribution is -2.20. The third-order valence-electron chi connectivity index (χ3n) is 4.45. The molecule has 0 aliphatic carbocycles. The number of hydrogen-bond donors (Lipinski definition) is 0. The Hall–Kier alpha value is -2.96. The van der Waals surface area contributed by atoms with Gasteiger partial charge in [-0.3, -0.25) is 9.59 Å². The molecule has 0 saturated heterocycles. The average molecular weight is 411 g/mol. The predicted octanol–water partition coefficient (Wildman–Crippen LogP) is 4.70. The van der Waals surface area contributed by atoms with Gasteiger partial charge in [-0.1, -0.05) is 41.1 Å². The number of benzene rings is 2. The molecule has 4 aromatic rings. The highest BCUT2D eigenvalue weighted by molar-refractivity contribution is 7.16. The number of thiazole rings is 1.